The zero-order valence-electron chi connectivity index (χ0n) is 4.33. The predicted molar refractivity (Wildman–Crippen MR) is 23.8 cm³/mol. The van der Waals surface area contributed by atoms with Crippen LogP contribution in [0.3, 0.4) is 0 Å². The molecule has 1 radical (unpaired) electrons. The first kappa shape index (κ1) is 12.2. The normalized spacial score (nSPS) is 9.78. The van der Waals surface area contributed by atoms with Crippen LogP contribution in [0.4, 0.5) is 13.2 Å². The molecule has 0 saturated carbocycles. The molecule has 7 heteroatoms. The van der Waals surface area contributed by atoms with E-state index in [0.29, 0.717) is 0 Å². The molecule has 0 aromatic carbocycles. The second-order valence-corrected chi connectivity index (χ2v) is 1.02. The van der Waals surface area contributed by atoms with Gasteiger partial charge < -0.3 is 4.29 Å². The minimum Gasteiger partial charge on any atom is -0.340 e. The Kier molecular flexibility index (Phi) is 5.96. The van der Waals surface area contributed by atoms with Gasteiger partial charge in [0.25, 0.3) is 0 Å². The predicted octanol–water partition coefficient (Wildman–Crippen LogP) is 0.865. The SMILES string of the molecule is O=C(OCl)C(F)(F)F.[Na]. The van der Waals surface area contributed by atoms with Gasteiger partial charge in [0.15, 0.2) is 0 Å². The number of hydrogen-bond acceptors (Lipinski definition) is 2. The smallest absolute Gasteiger partial charge is 0.340 e. The summed E-state index contributed by atoms with van der Waals surface area (Å²) >= 11 is 4.07. The van der Waals surface area contributed by atoms with E-state index in [4.69, 9.17) is 0 Å². The number of alkyl halides is 3. The molecule has 0 aromatic heterocycles. The summed E-state index contributed by atoms with van der Waals surface area (Å²) in [5.74, 6) is -2.40. The second-order valence-electron chi connectivity index (χ2n) is 0.862. The Morgan fingerprint density at radius 2 is 1.78 bits per heavy atom. The van der Waals surface area contributed by atoms with Gasteiger partial charge in [0.1, 0.15) is 11.9 Å². The van der Waals surface area contributed by atoms with Crippen molar-refractivity contribution in [3.8, 4) is 0 Å². The fraction of sp³-hybridized carbons (Fsp3) is 0.500. The molecule has 0 aromatic rings. The van der Waals surface area contributed by atoms with Crippen molar-refractivity contribution in [1.29, 1.82) is 0 Å². The molecule has 0 unspecified atom stereocenters. The van der Waals surface area contributed by atoms with Crippen LogP contribution in [0.1, 0.15) is 0 Å². The summed E-state index contributed by atoms with van der Waals surface area (Å²) < 4.78 is 35.5. The molecule has 0 aliphatic heterocycles. The molecule has 0 aliphatic rings. The van der Waals surface area contributed by atoms with Gasteiger partial charge in [-0.25, -0.2) is 4.79 Å². The number of carbonyl (C=O) groups is 1. The molecule has 0 N–H and O–H groups in total. The Balaban J connectivity index is 0. The maximum atomic E-state index is 10.9. The largest absolute Gasteiger partial charge is 0.492 e. The molecule has 2 nitrogen and oxygen atoms in total. The maximum Gasteiger partial charge on any atom is 0.492 e. The molecule has 0 aliphatic carbocycles. The first-order valence-electron chi connectivity index (χ1n) is 1.38. The van der Waals surface area contributed by atoms with Crippen molar-refractivity contribution >= 4 is 47.4 Å². The van der Waals surface area contributed by atoms with Crippen molar-refractivity contribution in [3.05, 3.63) is 0 Å². The fourth-order valence-electron chi connectivity index (χ4n) is 0.0437. The van der Waals surface area contributed by atoms with E-state index in [1.54, 1.807) is 0 Å². The van der Waals surface area contributed by atoms with Gasteiger partial charge in [-0.05, 0) is 0 Å². The fourth-order valence-corrected chi connectivity index (χ4v) is 0.131. The van der Waals surface area contributed by atoms with E-state index >= 15 is 0 Å². The topological polar surface area (TPSA) is 26.3 Å². The van der Waals surface area contributed by atoms with Crippen LogP contribution in [0, 0.1) is 0 Å². The molecule has 0 amide bonds. The quantitative estimate of drug-likeness (QED) is 0.506. The Morgan fingerprint density at radius 1 is 1.44 bits per heavy atom. The van der Waals surface area contributed by atoms with E-state index in [-0.39, 0.29) is 29.6 Å². The number of halogens is 4. The van der Waals surface area contributed by atoms with Crippen molar-refractivity contribution in [2.75, 3.05) is 0 Å². The van der Waals surface area contributed by atoms with Crippen molar-refractivity contribution in [1.82, 2.24) is 0 Å². The molecule has 0 fully saturated rings. The summed E-state index contributed by atoms with van der Waals surface area (Å²) in [7, 11) is 0. The molecule has 9 heavy (non-hydrogen) atoms. The van der Waals surface area contributed by atoms with Gasteiger partial charge in [0.05, 0.1) is 0 Å². The van der Waals surface area contributed by atoms with E-state index in [9.17, 15) is 18.0 Å². The van der Waals surface area contributed by atoms with Crippen LogP contribution in [-0.2, 0) is 9.08 Å². The molecule has 0 saturated heterocycles. The first-order chi connectivity index (χ1) is 3.48. The Labute approximate surface area is 75.8 Å². The molecular formula is C2ClF3NaO2. The summed E-state index contributed by atoms with van der Waals surface area (Å²) in [4.78, 5) is 9.35. The average molecular weight is 171 g/mol. The molecule has 0 spiro atoms. The van der Waals surface area contributed by atoms with Crippen molar-refractivity contribution < 1.29 is 22.3 Å². The van der Waals surface area contributed by atoms with E-state index in [2.05, 4.69) is 16.2 Å². The molecule has 0 bridgehead atoms. The minimum absolute atomic E-state index is 0. The maximum absolute atomic E-state index is 10.9. The van der Waals surface area contributed by atoms with Gasteiger partial charge in [-0.3, -0.25) is 0 Å². The van der Waals surface area contributed by atoms with E-state index in [1.165, 1.54) is 0 Å². The summed E-state index contributed by atoms with van der Waals surface area (Å²) in [6, 6.07) is 0. The minimum atomic E-state index is -4.98. The zero-order valence-corrected chi connectivity index (χ0v) is 7.08. The standard InChI is InChI=1S/C2ClF3O2.Na/c3-8-1(7)2(4,5)6;. The first-order valence-corrected chi connectivity index (χ1v) is 1.69. The summed E-state index contributed by atoms with van der Waals surface area (Å²) in [6.45, 7) is 0. The van der Waals surface area contributed by atoms with Crippen LogP contribution in [0.5, 0.6) is 0 Å². The summed E-state index contributed by atoms with van der Waals surface area (Å²) in [6.07, 6.45) is -4.98. The van der Waals surface area contributed by atoms with E-state index in [0.717, 1.165) is 0 Å². The molecule has 0 heterocycles. The van der Waals surface area contributed by atoms with Gasteiger partial charge >= 0.3 is 12.1 Å². The van der Waals surface area contributed by atoms with Gasteiger partial charge in [0.2, 0.25) is 0 Å². The van der Waals surface area contributed by atoms with Gasteiger partial charge in [-0.1, -0.05) is 0 Å². The van der Waals surface area contributed by atoms with Crippen molar-refractivity contribution in [3.63, 3.8) is 0 Å². The van der Waals surface area contributed by atoms with E-state index in [1.807, 2.05) is 0 Å². The van der Waals surface area contributed by atoms with E-state index < -0.39 is 12.1 Å². The van der Waals surface area contributed by atoms with Crippen LogP contribution >= 0.6 is 11.9 Å². The third kappa shape index (κ3) is 5.02. The van der Waals surface area contributed by atoms with Gasteiger partial charge in [-0.2, -0.15) is 13.2 Å². The Hall–Kier alpha value is 0.550. The molecule has 0 atom stereocenters. The van der Waals surface area contributed by atoms with Gasteiger partial charge in [-0.15, -0.1) is 0 Å². The third-order valence-corrected chi connectivity index (χ3v) is 0.442. The average Bonchev–Trinajstić information content (AvgIpc) is 1.62. The Morgan fingerprint density at radius 3 is 1.78 bits per heavy atom. The monoisotopic (exact) mass is 171 g/mol. The number of hydrogen-bond donors (Lipinski definition) is 0. The van der Waals surface area contributed by atoms with Crippen LogP contribution in [0.25, 0.3) is 0 Å². The van der Waals surface area contributed by atoms with Crippen LogP contribution < -0.4 is 0 Å². The van der Waals surface area contributed by atoms with Crippen LogP contribution in [0.15, 0.2) is 0 Å². The van der Waals surface area contributed by atoms with Gasteiger partial charge in [0, 0.05) is 29.6 Å². The number of rotatable bonds is 0. The molecular weight excluding hydrogens is 171 g/mol. The number of carbonyl (C=O) groups excluding carboxylic acids is 1. The second kappa shape index (κ2) is 4.38. The third-order valence-electron chi connectivity index (χ3n) is 0.302. The molecule has 49 valence electrons. The van der Waals surface area contributed by atoms with Crippen molar-refractivity contribution in [2.45, 2.75) is 6.18 Å². The molecule has 0 rings (SSSR count). The van der Waals surface area contributed by atoms with Crippen LogP contribution in [0.2, 0.25) is 0 Å². The Bertz CT molecular complexity index is 102. The zero-order chi connectivity index (χ0) is 6.78. The van der Waals surface area contributed by atoms with Crippen LogP contribution in [-0.4, -0.2) is 41.7 Å². The summed E-state index contributed by atoms with van der Waals surface area (Å²) in [5, 5.41) is 0. The van der Waals surface area contributed by atoms with Crippen molar-refractivity contribution in [2.24, 2.45) is 0 Å². The summed E-state index contributed by atoms with van der Waals surface area (Å²) in [5.41, 5.74) is 0.